The number of aromatic nitrogens is 2. The van der Waals surface area contributed by atoms with Crippen LogP contribution in [0.15, 0.2) is 48.7 Å². The monoisotopic (exact) mass is 335 g/mol. The molecule has 128 valence electrons. The highest BCUT2D eigenvalue weighted by Crippen LogP contribution is 2.28. The summed E-state index contributed by atoms with van der Waals surface area (Å²) in [5.41, 5.74) is 2.07. The molecule has 4 rings (SSSR count). The number of para-hydroxylation sites is 1. The topological polar surface area (TPSA) is 64.3 Å². The fraction of sp³-hybridized carbons (Fsp3) is 0.263. The fourth-order valence-corrected chi connectivity index (χ4v) is 3.47. The normalized spacial score (nSPS) is 17.7. The lowest BCUT2D eigenvalue weighted by Crippen LogP contribution is -2.54. The van der Waals surface area contributed by atoms with E-state index >= 15 is 0 Å². The number of hydrogen-bond donors (Lipinski definition) is 2. The fourth-order valence-electron chi connectivity index (χ4n) is 3.47. The van der Waals surface area contributed by atoms with Crippen LogP contribution < -0.4 is 15.1 Å². The maximum absolute atomic E-state index is 11.8. The first-order valence-electron chi connectivity index (χ1n) is 8.47. The van der Waals surface area contributed by atoms with E-state index in [-0.39, 0.29) is 6.04 Å². The average molecular weight is 335 g/mol. The molecule has 1 unspecified atom stereocenters. The highest BCUT2D eigenvalue weighted by Gasteiger charge is 2.29. The van der Waals surface area contributed by atoms with Gasteiger partial charge >= 0.3 is 0 Å². The van der Waals surface area contributed by atoms with Crippen LogP contribution in [0.1, 0.15) is 0 Å². The summed E-state index contributed by atoms with van der Waals surface area (Å²) in [7, 11) is 1.89. The SMILES string of the molecule is CNc1cccnc1N1CCN(c2cc3ccccc3[nH]2)C(C=O)C1. The molecule has 0 aliphatic carbocycles. The molecule has 1 aliphatic rings. The Labute approximate surface area is 146 Å². The number of aromatic amines is 1. The molecule has 3 aromatic rings. The summed E-state index contributed by atoms with van der Waals surface area (Å²) in [5, 5.41) is 4.33. The number of nitrogens with one attached hydrogen (secondary N) is 2. The molecule has 0 bridgehead atoms. The lowest BCUT2D eigenvalue weighted by Gasteiger charge is -2.40. The van der Waals surface area contributed by atoms with Crippen molar-refractivity contribution >= 4 is 34.5 Å². The van der Waals surface area contributed by atoms with Gasteiger partial charge in [0.05, 0.1) is 5.69 Å². The second kappa shape index (κ2) is 6.47. The van der Waals surface area contributed by atoms with Gasteiger partial charge in [0, 0.05) is 43.8 Å². The number of carbonyl (C=O) groups is 1. The lowest BCUT2D eigenvalue weighted by molar-refractivity contribution is -0.109. The van der Waals surface area contributed by atoms with E-state index in [1.54, 1.807) is 6.20 Å². The number of nitrogens with zero attached hydrogens (tertiary/aromatic N) is 3. The highest BCUT2D eigenvalue weighted by molar-refractivity contribution is 5.85. The van der Waals surface area contributed by atoms with Crippen molar-refractivity contribution in [2.75, 3.05) is 41.8 Å². The summed E-state index contributed by atoms with van der Waals surface area (Å²) in [4.78, 5) is 24.0. The Morgan fingerprint density at radius 3 is 2.92 bits per heavy atom. The molecule has 25 heavy (non-hydrogen) atoms. The molecule has 1 fully saturated rings. The first kappa shape index (κ1) is 15.5. The van der Waals surface area contributed by atoms with E-state index in [1.807, 2.05) is 31.3 Å². The molecule has 1 saturated heterocycles. The van der Waals surface area contributed by atoms with Crippen molar-refractivity contribution in [1.29, 1.82) is 0 Å². The van der Waals surface area contributed by atoms with Crippen LogP contribution in [0.25, 0.3) is 10.9 Å². The summed E-state index contributed by atoms with van der Waals surface area (Å²) in [6.45, 7) is 2.19. The molecule has 1 aromatic carbocycles. The number of piperazine rings is 1. The molecule has 3 heterocycles. The summed E-state index contributed by atoms with van der Waals surface area (Å²) in [6, 6.07) is 14.0. The third-order valence-corrected chi connectivity index (χ3v) is 4.76. The van der Waals surface area contributed by atoms with Gasteiger partial charge in [-0.1, -0.05) is 18.2 Å². The molecule has 0 radical (unpaired) electrons. The van der Waals surface area contributed by atoms with E-state index in [4.69, 9.17) is 0 Å². The number of anilines is 3. The Hall–Kier alpha value is -3.02. The van der Waals surface area contributed by atoms with Crippen LogP contribution in [0, 0.1) is 0 Å². The molecule has 6 heteroatoms. The van der Waals surface area contributed by atoms with Crippen molar-refractivity contribution in [2.24, 2.45) is 0 Å². The van der Waals surface area contributed by atoms with E-state index in [0.717, 1.165) is 47.6 Å². The number of pyridine rings is 1. The van der Waals surface area contributed by atoms with Gasteiger partial charge < -0.3 is 24.9 Å². The van der Waals surface area contributed by atoms with Gasteiger partial charge in [0.25, 0.3) is 0 Å². The van der Waals surface area contributed by atoms with Gasteiger partial charge in [-0.3, -0.25) is 0 Å². The standard InChI is InChI=1S/C19H21N5O/c1-20-17-7-4-8-21-19(17)23-9-10-24(15(12-23)13-25)18-11-14-5-2-3-6-16(14)22-18/h2-8,11,13,15,20,22H,9-10,12H2,1H3. The Bertz CT molecular complexity index is 857. The van der Waals surface area contributed by atoms with Crippen LogP contribution >= 0.6 is 0 Å². The van der Waals surface area contributed by atoms with Crippen molar-refractivity contribution in [2.45, 2.75) is 6.04 Å². The lowest BCUT2D eigenvalue weighted by atomic mass is 10.1. The first-order chi connectivity index (χ1) is 12.3. The van der Waals surface area contributed by atoms with Crippen LogP contribution in [0.4, 0.5) is 17.3 Å². The van der Waals surface area contributed by atoms with Crippen LogP contribution in [0.5, 0.6) is 0 Å². The van der Waals surface area contributed by atoms with Gasteiger partial charge in [0.2, 0.25) is 0 Å². The van der Waals surface area contributed by atoms with Gasteiger partial charge in [0.1, 0.15) is 18.1 Å². The average Bonchev–Trinajstić information content (AvgIpc) is 3.11. The molecule has 0 spiro atoms. The number of carbonyl (C=O) groups excluding carboxylic acids is 1. The summed E-state index contributed by atoms with van der Waals surface area (Å²) in [6.07, 6.45) is 2.82. The summed E-state index contributed by atoms with van der Waals surface area (Å²) >= 11 is 0. The number of benzene rings is 1. The first-order valence-corrected chi connectivity index (χ1v) is 8.47. The molecule has 2 aromatic heterocycles. The minimum atomic E-state index is -0.214. The van der Waals surface area contributed by atoms with Crippen molar-refractivity contribution in [3.05, 3.63) is 48.7 Å². The molecule has 1 atom stereocenters. The summed E-state index contributed by atoms with van der Waals surface area (Å²) in [5.74, 6) is 1.89. The Morgan fingerprint density at radius 1 is 1.24 bits per heavy atom. The van der Waals surface area contributed by atoms with E-state index in [1.165, 1.54) is 0 Å². The maximum Gasteiger partial charge on any atom is 0.152 e. The Morgan fingerprint density at radius 2 is 2.12 bits per heavy atom. The number of hydrogen-bond acceptors (Lipinski definition) is 5. The van der Waals surface area contributed by atoms with Crippen molar-refractivity contribution in [1.82, 2.24) is 9.97 Å². The van der Waals surface area contributed by atoms with E-state index in [2.05, 4.69) is 43.3 Å². The second-order valence-electron chi connectivity index (χ2n) is 6.21. The number of fused-ring (bicyclic) bond motifs is 1. The summed E-state index contributed by atoms with van der Waals surface area (Å²) < 4.78 is 0. The zero-order valence-electron chi connectivity index (χ0n) is 14.1. The second-order valence-corrected chi connectivity index (χ2v) is 6.21. The number of rotatable bonds is 4. The Kier molecular flexibility index (Phi) is 4.01. The largest absolute Gasteiger partial charge is 0.385 e. The van der Waals surface area contributed by atoms with E-state index in [9.17, 15) is 4.79 Å². The van der Waals surface area contributed by atoms with Crippen LogP contribution in [0.2, 0.25) is 0 Å². The molecular weight excluding hydrogens is 314 g/mol. The van der Waals surface area contributed by atoms with Gasteiger partial charge in [-0.15, -0.1) is 0 Å². The predicted octanol–water partition coefficient (Wildman–Crippen LogP) is 2.50. The maximum atomic E-state index is 11.8. The van der Waals surface area contributed by atoms with Crippen LogP contribution in [0.3, 0.4) is 0 Å². The number of aldehydes is 1. The van der Waals surface area contributed by atoms with Crippen molar-refractivity contribution in [3.8, 4) is 0 Å². The van der Waals surface area contributed by atoms with E-state index in [0.29, 0.717) is 6.54 Å². The molecule has 0 amide bonds. The minimum Gasteiger partial charge on any atom is -0.385 e. The molecule has 1 aliphatic heterocycles. The molecular formula is C19H21N5O. The number of H-pyrrole nitrogens is 1. The zero-order valence-corrected chi connectivity index (χ0v) is 14.1. The van der Waals surface area contributed by atoms with Gasteiger partial charge in [0.15, 0.2) is 5.82 Å². The van der Waals surface area contributed by atoms with Gasteiger partial charge in [-0.05, 0) is 24.3 Å². The Balaban J connectivity index is 1.60. The van der Waals surface area contributed by atoms with Crippen molar-refractivity contribution < 1.29 is 4.79 Å². The molecule has 0 saturated carbocycles. The van der Waals surface area contributed by atoms with Crippen LogP contribution in [-0.2, 0) is 4.79 Å². The third kappa shape index (κ3) is 2.80. The van der Waals surface area contributed by atoms with Gasteiger partial charge in [-0.2, -0.15) is 0 Å². The zero-order chi connectivity index (χ0) is 17.2. The predicted molar refractivity (Wildman–Crippen MR) is 101 cm³/mol. The minimum absolute atomic E-state index is 0.214. The molecule has 6 nitrogen and oxygen atoms in total. The highest BCUT2D eigenvalue weighted by atomic mass is 16.1. The van der Waals surface area contributed by atoms with Crippen LogP contribution in [-0.4, -0.2) is 49.0 Å². The quantitative estimate of drug-likeness (QED) is 0.717. The third-order valence-electron chi connectivity index (χ3n) is 4.76. The molecule has 2 N–H and O–H groups in total. The van der Waals surface area contributed by atoms with Crippen molar-refractivity contribution in [3.63, 3.8) is 0 Å². The van der Waals surface area contributed by atoms with E-state index < -0.39 is 0 Å². The van der Waals surface area contributed by atoms with Gasteiger partial charge in [-0.25, -0.2) is 4.98 Å². The smallest absolute Gasteiger partial charge is 0.152 e.